The van der Waals surface area contributed by atoms with Crippen molar-refractivity contribution in [2.75, 3.05) is 6.61 Å². The van der Waals surface area contributed by atoms with Crippen LogP contribution in [0.4, 0.5) is 4.39 Å². The topological polar surface area (TPSA) is 69.9 Å². The molecule has 0 spiro atoms. The maximum atomic E-state index is 13.7. The van der Waals surface area contributed by atoms with Crippen molar-refractivity contribution in [3.05, 3.63) is 131 Å². The smallest absolute Gasteiger partial charge is 0.338 e. The van der Waals surface area contributed by atoms with Crippen molar-refractivity contribution < 1.29 is 18.7 Å². The maximum absolute atomic E-state index is 13.7. The highest BCUT2D eigenvalue weighted by Gasteiger charge is 2.33. The fourth-order valence-electron chi connectivity index (χ4n) is 4.36. The van der Waals surface area contributed by atoms with Gasteiger partial charge in [0.25, 0.3) is 5.56 Å². The molecule has 2 heterocycles. The first-order chi connectivity index (χ1) is 18.9. The van der Waals surface area contributed by atoms with Crippen molar-refractivity contribution in [1.29, 1.82) is 0 Å². The number of hydrogen-bond donors (Lipinski definition) is 0. The van der Waals surface area contributed by atoms with Crippen LogP contribution in [-0.2, 0) is 16.1 Å². The Morgan fingerprint density at radius 3 is 2.56 bits per heavy atom. The van der Waals surface area contributed by atoms with Gasteiger partial charge in [-0.15, -0.1) is 0 Å². The molecule has 0 bridgehead atoms. The number of carbonyl (C=O) groups is 1. The van der Waals surface area contributed by atoms with E-state index in [9.17, 15) is 14.0 Å². The lowest BCUT2D eigenvalue weighted by Crippen LogP contribution is -2.39. The fourth-order valence-corrected chi connectivity index (χ4v) is 5.92. The lowest BCUT2D eigenvalue weighted by Gasteiger charge is -2.24. The Hall–Kier alpha value is -3.82. The van der Waals surface area contributed by atoms with Crippen LogP contribution in [0, 0.1) is 5.82 Å². The van der Waals surface area contributed by atoms with Gasteiger partial charge in [-0.2, -0.15) is 0 Å². The van der Waals surface area contributed by atoms with Gasteiger partial charge in [0.1, 0.15) is 18.2 Å². The largest absolute Gasteiger partial charge is 0.488 e. The monoisotopic (exact) mass is 606 g/mol. The van der Waals surface area contributed by atoms with Crippen LogP contribution in [-0.4, -0.2) is 17.1 Å². The minimum atomic E-state index is -0.788. The molecule has 1 atom stereocenters. The second kappa shape index (κ2) is 11.5. The van der Waals surface area contributed by atoms with Crippen molar-refractivity contribution >= 4 is 39.3 Å². The molecule has 4 aromatic rings. The number of allylic oxidation sites excluding steroid dienone is 1. The van der Waals surface area contributed by atoms with Gasteiger partial charge in [-0.05, 0) is 76.8 Å². The summed E-state index contributed by atoms with van der Waals surface area (Å²) in [5, 5.41) is 0. The Morgan fingerprint density at radius 1 is 1.13 bits per heavy atom. The summed E-state index contributed by atoms with van der Waals surface area (Å²) in [5.41, 5.74) is 2.84. The third kappa shape index (κ3) is 5.65. The number of fused-ring (bicyclic) bond motifs is 1. The summed E-state index contributed by atoms with van der Waals surface area (Å²) in [6, 6.07) is 20.4. The van der Waals surface area contributed by atoms with E-state index in [1.807, 2.05) is 48.5 Å². The second-order valence-corrected chi connectivity index (χ2v) is 10.7. The van der Waals surface area contributed by atoms with Crippen LogP contribution in [0.25, 0.3) is 6.08 Å². The highest BCUT2D eigenvalue weighted by molar-refractivity contribution is 9.10. The van der Waals surface area contributed by atoms with E-state index in [0.29, 0.717) is 33.0 Å². The summed E-state index contributed by atoms with van der Waals surface area (Å²) in [6.45, 7) is 4.04. The molecule has 1 aliphatic rings. The van der Waals surface area contributed by atoms with Crippen molar-refractivity contribution in [2.45, 2.75) is 26.5 Å². The van der Waals surface area contributed by atoms with Crippen LogP contribution in [0.2, 0.25) is 0 Å². The quantitative estimate of drug-likeness (QED) is 0.268. The highest BCUT2D eigenvalue weighted by Crippen LogP contribution is 2.31. The minimum Gasteiger partial charge on any atom is -0.488 e. The molecular formula is C30H24BrFN2O4S. The van der Waals surface area contributed by atoms with Crippen molar-refractivity contribution in [1.82, 2.24) is 4.57 Å². The molecule has 0 unspecified atom stereocenters. The molecule has 0 radical (unpaired) electrons. The number of carbonyl (C=O) groups excluding carboxylic acids is 1. The summed E-state index contributed by atoms with van der Waals surface area (Å²) < 4.78 is 27.6. The first-order valence-electron chi connectivity index (χ1n) is 12.3. The van der Waals surface area contributed by atoms with Crippen LogP contribution in [0.1, 0.15) is 36.6 Å². The van der Waals surface area contributed by atoms with Gasteiger partial charge in [-0.3, -0.25) is 9.36 Å². The van der Waals surface area contributed by atoms with Crippen LogP contribution >= 0.6 is 27.3 Å². The zero-order valence-corrected chi connectivity index (χ0v) is 23.6. The van der Waals surface area contributed by atoms with E-state index in [1.54, 1.807) is 32.1 Å². The average molecular weight is 608 g/mol. The molecule has 5 rings (SSSR count). The molecule has 0 fully saturated rings. The van der Waals surface area contributed by atoms with Gasteiger partial charge < -0.3 is 9.47 Å². The standard InChI is InChI=1S/C30H24BrFN2O4S/c1-3-37-29(36)26-18(2)33-30-34(27(26)21-10-12-22(32)13-11-21)28(35)25(39-30)16-20-9-14-24(23(31)15-20)38-17-19-7-5-4-6-8-19/h4-16,27H,3,17H2,1-2H3/b25-16-/t27-/m1/s1. The Labute approximate surface area is 236 Å². The van der Waals surface area contributed by atoms with E-state index in [-0.39, 0.29) is 17.7 Å². The number of hydrogen-bond acceptors (Lipinski definition) is 6. The maximum Gasteiger partial charge on any atom is 0.338 e. The zero-order valence-electron chi connectivity index (χ0n) is 21.2. The molecule has 198 valence electrons. The van der Waals surface area contributed by atoms with Crippen molar-refractivity contribution in [2.24, 2.45) is 4.99 Å². The number of rotatable bonds is 7. The van der Waals surface area contributed by atoms with E-state index in [4.69, 9.17) is 9.47 Å². The lowest BCUT2D eigenvalue weighted by molar-refractivity contribution is -0.139. The molecule has 0 saturated heterocycles. The van der Waals surface area contributed by atoms with Gasteiger partial charge >= 0.3 is 5.97 Å². The number of aromatic nitrogens is 1. The predicted molar refractivity (Wildman–Crippen MR) is 152 cm³/mol. The molecular weight excluding hydrogens is 583 g/mol. The van der Waals surface area contributed by atoms with Crippen molar-refractivity contribution in [3.63, 3.8) is 0 Å². The van der Waals surface area contributed by atoms with Crippen LogP contribution in [0.15, 0.2) is 98.3 Å². The van der Waals surface area contributed by atoms with Gasteiger partial charge in [-0.1, -0.05) is 59.9 Å². The van der Waals surface area contributed by atoms with E-state index in [2.05, 4.69) is 20.9 Å². The lowest BCUT2D eigenvalue weighted by atomic mass is 9.96. The SMILES string of the molecule is CCOC(=O)C1=C(C)N=c2s/c(=C\c3ccc(OCc4ccccc4)c(Br)c3)c(=O)n2[C@@H]1c1ccc(F)cc1. The highest BCUT2D eigenvalue weighted by atomic mass is 79.9. The normalized spacial score (nSPS) is 15.1. The molecule has 0 amide bonds. The first-order valence-corrected chi connectivity index (χ1v) is 13.9. The molecule has 9 heteroatoms. The molecule has 1 aromatic heterocycles. The van der Waals surface area contributed by atoms with E-state index in [1.165, 1.54) is 28.0 Å². The van der Waals surface area contributed by atoms with Crippen LogP contribution in [0.5, 0.6) is 5.75 Å². The number of ether oxygens (including phenoxy) is 2. The number of thiazole rings is 1. The third-order valence-electron chi connectivity index (χ3n) is 6.19. The number of benzene rings is 3. The molecule has 1 aliphatic heterocycles. The molecule has 39 heavy (non-hydrogen) atoms. The minimum absolute atomic E-state index is 0.177. The van der Waals surface area contributed by atoms with Gasteiger partial charge in [0.2, 0.25) is 0 Å². The summed E-state index contributed by atoms with van der Waals surface area (Å²) in [6.07, 6.45) is 1.78. The number of nitrogens with zero attached hydrogens (tertiary/aromatic N) is 2. The zero-order chi connectivity index (χ0) is 27.5. The van der Waals surface area contributed by atoms with Crippen LogP contribution in [0.3, 0.4) is 0 Å². The molecule has 0 N–H and O–H groups in total. The molecule has 0 aliphatic carbocycles. The van der Waals surface area contributed by atoms with E-state index >= 15 is 0 Å². The van der Waals surface area contributed by atoms with Crippen LogP contribution < -0.4 is 19.6 Å². The van der Waals surface area contributed by atoms with E-state index in [0.717, 1.165) is 15.6 Å². The Morgan fingerprint density at radius 2 is 1.87 bits per heavy atom. The van der Waals surface area contributed by atoms with Crippen molar-refractivity contribution in [3.8, 4) is 5.75 Å². The summed E-state index contributed by atoms with van der Waals surface area (Å²) in [7, 11) is 0. The summed E-state index contributed by atoms with van der Waals surface area (Å²) in [4.78, 5) is 31.7. The first kappa shape index (κ1) is 26.8. The van der Waals surface area contributed by atoms with E-state index < -0.39 is 17.8 Å². The predicted octanol–water partition coefficient (Wildman–Crippen LogP) is 5.28. The Balaban J connectivity index is 1.53. The second-order valence-electron chi connectivity index (χ2n) is 8.82. The summed E-state index contributed by atoms with van der Waals surface area (Å²) in [5.74, 6) is -0.285. The Kier molecular flexibility index (Phi) is 7.90. The Bertz CT molecular complexity index is 1740. The third-order valence-corrected chi connectivity index (χ3v) is 7.80. The number of esters is 1. The fraction of sp³-hybridized carbons (Fsp3) is 0.167. The van der Waals surface area contributed by atoms with Gasteiger partial charge in [0.05, 0.1) is 32.9 Å². The van der Waals surface area contributed by atoms with Gasteiger partial charge in [-0.25, -0.2) is 14.2 Å². The number of halogens is 2. The summed E-state index contributed by atoms with van der Waals surface area (Å²) >= 11 is 4.80. The molecule has 6 nitrogen and oxygen atoms in total. The van der Waals surface area contributed by atoms with Gasteiger partial charge in [0.15, 0.2) is 4.80 Å². The van der Waals surface area contributed by atoms with Gasteiger partial charge in [0, 0.05) is 0 Å². The molecule has 3 aromatic carbocycles. The average Bonchev–Trinajstić information content (AvgIpc) is 3.22. The molecule has 0 saturated carbocycles.